The normalized spacial score (nSPS) is 22.0. The monoisotopic (exact) mass is 297 g/mol. The molecule has 20 heavy (non-hydrogen) atoms. The molecule has 110 valence electrons. The summed E-state index contributed by atoms with van der Waals surface area (Å²) in [6.07, 6.45) is 1.26. The second-order valence-corrected chi connectivity index (χ2v) is 6.32. The van der Waals surface area contributed by atoms with E-state index in [4.69, 9.17) is 5.11 Å². The minimum Gasteiger partial charge on any atom is -0.481 e. The van der Waals surface area contributed by atoms with E-state index in [0.717, 1.165) is 12.1 Å². The van der Waals surface area contributed by atoms with Gasteiger partial charge in [-0.05, 0) is 20.3 Å². The van der Waals surface area contributed by atoms with E-state index >= 15 is 0 Å². The van der Waals surface area contributed by atoms with E-state index in [1.165, 1.54) is 4.88 Å². The molecule has 1 aromatic rings. The number of carbonyl (C=O) groups is 2. The molecule has 0 bridgehead atoms. The molecule has 7 heteroatoms. The SMILES string of the molecule is Cc1ncsc1CCNC(=O)N1CCC(C)(C(=O)O)C1. The first kappa shape index (κ1) is 14.8. The van der Waals surface area contributed by atoms with Gasteiger partial charge in [-0.1, -0.05) is 0 Å². The molecule has 1 fully saturated rings. The highest BCUT2D eigenvalue weighted by Gasteiger charge is 2.42. The summed E-state index contributed by atoms with van der Waals surface area (Å²) in [4.78, 5) is 30.0. The van der Waals surface area contributed by atoms with Crippen LogP contribution in [0.15, 0.2) is 5.51 Å². The minimum atomic E-state index is -0.840. The predicted octanol–water partition coefficient (Wildman–Crippen LogP) is 1.50. The number of aryl methyl sites for hydroxylation is 1. The van der Waals surface area contributed by atoms with Gasteiger partial charge >= 0.3 is 12.0 Å². The highest BCUT2D eigenvalue weighted by atomic mass is 32.1. The lowest BCUT2D eigenvalue weighted by molar-refractivity contribution is -0.146. The number of hydrogen-bond acceptors (Lipinski definition) is 4. The van der Waals surface area contributed by atoms with Crippen LogP contribution in [0.1, 0.15) is 23.9 Å². The van der Waals surface area contributed by atoms with Crippen LogP contribution in [-0.4, -0.2) is 46.6 Å². The Morgan fingerprint density at radius 3 is 2.90 bits per heavy atom. The summed E-state index contributed by atoms with van der Waals surface area (Å²) in [5, 5.41) is 12.0. The fraction of sp³-hybridized carbons (Fsp3) is 0.615. The Bertz CT molecular complexity index is 517. The van der Waals surface area contributed by atoms with E-state index in [9.17, 15) is 9.59 Å². The van der Waals surface area contributed by atoms with Crippen LogP contribution in [0.3, 0.4) is 0 Å². The van der Waals surface area contributed by atoms with Crippen molar-refractivity contribution in [1.29, 1.82) is 0 Å². The summed E-state index contributed by atoms with van der Waals surface area (Å²) in [6, 6.07) is -0.183. The second-order valence-electron chi connectivity index (χ2n) is 5.38. The molecule has 2 heterocycles. The van der Waals surface area contributed by atoms with Gasteiger partial charge in [0.1, 0.15) is 0 Å². The first-order valence-electron chi connectivity index (χ1n) is 6.57. The zero-order chi connectivity index (χ0) is 14.8. The molecule has 1 atom stereocenters. The molecule has 1 aliphatic heterocycles. The standard InChI is InChI=1S/C13H19N3O3S/c1-9-10(20-8-15-9)3-5-14-12(19)16-6-4-13(2,7-16)11(17)18/h8H,3-7H2,1-2H3,(H,14,19)(H,17,18). The van der Waals surface area contributed by atoms with Crippen molar-refractivity contribution < 1.29 is 14.7 Å². The Morgan fingerprint density at radius 2 is 2.35 bits per heavy atom. The van der Waals surface area contributed by atoms with Gasteiger partial charge in [0, 0.05) is 30.9 Å². The van der Waals surface area contributed by atoms with Gasteiger partial charge < -0.3 is 15.3 Å². The van der Waals surface area contributed by atoms with Gasteiger partial charge in [0.2, 0.25) is 0 Å². The van der Waals surface area contributed by atoms with Gasteiger partial charge in [-0.15, -0.1) is 11.3 Å². The number of carboxylic acid groups (broad SMARTS) is 1. The molecule has 2 amide bonds. The summed E-state index contributed by atoms with van der Waals surface area (Å²) in [5.41, 5.74) is 1.99. The van der Waals surface area contributed by atoms with Crippen LogP contribution >= 0.6 is 11.3 Å². The van der Waals surface area contributed by atoms with Crippen LogP contribution in [0.2, 0.25) is 0 Å². The average molecular weight is 297 g/mol. The quantitative estimate of drug-likeness (QED) is 0.882. The van der Waals surface area contributed by atoms with Crippen molar-refractivity contribution in [2.24, 2.45) is 5.41 Å². The third-order valence-electron chi connectivity index (χ3n) is 3.75. The highest BCUT2D eigenvalue weighted by Crippen LogP contribution is 2.29. The van der Waals surface area contributed by atoms with Crippen LogP contribution in [0.5, 0.6) is 0 Å². The van der Waals surface area contributed by atoms with Crippen LogP contribution in [0.4, 0.5) is 4.79 Å². The molecule has 0 aromatic carbocycles. The number of likely N-dealkylation sites (tertiary alicyclic amines) is 1. The van der Waals surface area contributed by atoms with Crippen molar-refractivity contribution in [3.63, 3.8) is 0 Å². The molecule has 1 aliphatic rings. The third-order valence-corrected chi connectivity index (χ3v) is 4.74. The lowest BCUT2D eigenvalue weighted by Crippen LogP contribution is -2.41. The smallest absolute Gasteiger partial charge is 0.317 e. The molecule has 0 aliphatic carbocycles. The summed E-state index contributed by atoms with van der Waals surface area (Å²) in [5.74, 6) is -0.840. The fourth-order valence-electron chi connectivity index (χ4n) is 2.27. The summed E-state index contributed by atoms with van der Waals surface area (Å²) < 4.78 is 0. The predicted molar refractivity (Wildman–Crippen MR) is 75.9 cm³/mol. The Labute approximate surface area is 121 Å². The topological polar surface area (TPSA) is 82.5 Å². The van der Waals surface area contributed by atoms with Crippen LogP contribution in [-0.2, 0) is 11.2 Å². The number of nitrogens with zero attached hydrogens (tertiary/aromatic N) is 2. The lowest BCUT2D eigenvalue weighted by Gasteiger charge is -2.20. The largest absolute Gasteiger partial charge is 0.481 e. The maximum Gasteiger partial charge on any atom is 0.317 e. The van der Waals surface area contributed by atoms with Crippen LogP contribution < -0.4 is 5.32 Å². The number of hydrogen-bond donors (Lipinski definition) is 2. The van der Waals surface area contributed by atoms with Crippen molar-refractivity contribution in [1.82, 2.24) is 15.2 Å². The molecule has 1 unspecified atom stereocenters. The number of amides is 2. The Kier molecular flexibility index (Phi) is 4.27. The van der Waals surface area contributed by atoms with Crippen molar-refractivity contribution in [2.45, 2.75) is 26.7 Å². The van der Waals surface area contributed by atoms with Gasteiger partial charge in [0.25, 0.3) is 0 Å². The number of urea groups is 1. The van der Waals surface area contributed by atoms with E-state index in [0.29, 0.717) is 19.5 Å². The maximum absolute atomic E-state index is 12.0. The average Bonchev–Trinajstić information content (AvgIpc) is 2.97. The first-order chi connectivity index (χ1) is 9.42. The zero-order valence-corrected chi connectivity index (χ0v) is 12.5. The molecule has 1 aromatic heterocycles. The molecule has 1 saturated heterocycles. The third kappa shape index (κ3) is 3.09. The van der Waals surface area contributed by atoms with E-state index in [-0.39, 0.29) is 12.6 Å². The Morgan fingerprint density at radius 1 is 1.60 bits per heavy atom. The van der Waals surface area contributed by atoms with E-state index in [2.05, 4.69) is 10.3 Å². The summed E-state index contributed by atoms with van der Waals surface area (Å²) in [6.45, 7) is 4.94. The molecule has 6 nitrogen and oxygen atoms in total. The number of carbonyl (C=O) groups excluding carboxylic acids is 1. The number of aliphatic carboxylic acids is 1. The van der Waals surface area contributed by atoms with Gasteiger partial charge in [-0.25, -0.2) is 9.78 Å². The Balaban J connectivity index is 1.79. The number of aromatic nitrogens is 1. The second kappa shape index (κ2) is 5.78. The minimum absolute atomic E-state index is 0.183. The molecule has 0 saturated carbocycles. The van der Waals surface area contributed by atoms with Crippen molar-refractivity contribution >= 4 is 23.3 Å². The first-order valence-corrected chi connectivity index (χ1v) is 7.45. The fourth-order valence-corrected chi connectivity index (χ4v) is 3.05. The van der Waals surface area contributed by atoms with E-state index in [1.807, 2.05) is 6.92 Å². The zero-order valence-electron chi connectivity index (χ0n) is 11.7. The Hall–Kier alpha value is -1.63. The molecular formula is C13H19N3O3S. The lowest BCUT2D eigenvalue weighted by atomic mass is 9.90. The van der Waals surface area contributed by atoms with Crippen molar-refractivity contribution in [3.05, 3.63) is 16.1 Å². The maximum atomic E-state index is 12.0. The van der Waals surface area contributed by atoms with Crippen LogP contribution in [0, 0.1) is 12.3 Å². The molecule has 2 N–H and O–H groups in total. The number of nitrogens with one attached hydrogen (secondary N) is 1. The van der Waals surface area contributed by atoms with Gasteiger partial charge in [0.05, 0.1) is 16.6 Å². The van der Waals surface area contributed by atoms with Gasteiger partial charge in [0.15, 0.2) is 0 Å². The molecule has 2 rings (SSSR count). The molecular weight excluding hydrogens is 278 g/mol. The molecule has 0 radical (unpaired) electrons. The van der Waals surface area contributed by atoms with E-state index < -0.39 is 11.4 Å². The summed E-state index contributed by atoms with van der Waals surface area (Å²) in [7, 11) is 0. The van der Waals surface area contributed by atoms with Crippen molar-refractivity contribution in [3.8, 4) is 0 Å². The van der Waals surface area contributed by atoms with Crippen molar-refractivity contribution in [2.75, 3.05) is 19.6 Å². The summed E-state index contributed by atoms with van der Waals surface area (Å²) >= 11 is 1.58. The highest BCUT2D eigenvalue weighted by molar-refractivity contribution is 7.09. The van der Waals surface area contributed by atoms with Gasteiger partial charge in [-0.3, -0.25) is 4.79 Å². The molecule has 0 spiro atoms. The number of rotatable bonds is 4. The van der Waals surface area contributed by atoms with E-state index in [1.54, 1.807) is 28.7 Å². The van der Waals surface area contributed by atoms with Crippen LogP contribution in [0.25, 0.3) is 0 Å². The number of thiazole rings is 1. The van der Waals surface area contributed by atoms with Gasteiger partial charge in [-0.2, -0.15) is 0 Å². The number of carboxylic acids is 1.